The molecule has 5 rings (SSSR count). The van der Waals surface area contributed by atoms with Gasteiger partial charge in [-0.25, -0.2) is 0 Å². The molecule has 0 aromatic heterocycles. The maximum absolute atomic E-state index is 14.0. The molecule has 0 N–H and O–H groups in total. The number of hydrogen-bond acceptors (Lipinski definition) is 9. The number of carbonyl (C=O) groups excluding carboxylic acids is 2. The molecule has 11 nitrogen and oxygen atoms in total. The minimum absolute atomic E-state index is 0.0162. The summed E-state index contributed by atoms with van der Waals surface area (Å²) in [5.41, 5.74) is 2.05. The van der Waals surface area contributed by atoms with Crippen LogP contribution in [-0.4, -0.2) is 39.5 Å². The Morgan fingerprint density at radius 1 is 0.870 bits per heavy atom. The summed E-state index contributed by atoms with van der Waals surface area (Å²) < 4.78 is 11.9. The zero-order valence-corrected chi connectivity index (χ0v) is 27.7. The zero-order chi connectivity index (χ0) is 33.7. The maximum atomic E-state index is 14.0. The Labute approximate surface area is 272 Å². The van der Waals surface area contributed by atoms with Gasteiger partial charge in [0, 0.05) is 53.9 Å². The van der Waals surface area contributed by atoms with Gasteiger partial charge >= 0.3 is 5.69 Å². The number of allylic oxidation sites excluding steroid dienone is 4. The number of non-ortho nitro benzene ring substituents is 1. The third kappa shape index (κ3) is 6.12. The lowest BCUT2D eigenvalue weighted by Crippen LogP contribution is -2.44. The van der Waals surface area contributed by atoms with Crippen molar-refractivity contribution in [3.63, 3.8) is 0 Å². The van der Waals surface area contributed by atoms with Crippen molar-refractivity contribution in [3.05, 3.63) is 83.7 Å². The molecule has 0 saturated heterocycles. The second-order valence-corrected chi connectivity index (χ2v) is 14.1. The Morgan fingerprint density at radius 3 is 1.96 bits per heavy atom. The molecule has 0 spiro atoms. The molecule has 1 heterocycles. The van der Waals surface area contributed by atoms with Crippen molar-refractivity contribution in [2.24, 2.45) is 10.8 Å². The van der Waals surface area contributed by atoms with Crippen LogP contribution in [0.3, 0.4) is 0 Å². The fourth-order valence-electron chi connectivity index (χ4n) is 6.95. The van der Waals surface area contributed by atoms with Crippen LogP contribution in [0.4, 0.5) is 11.4 Å². The summed E-state index contributed by atoms with van der Waals surface area (Å²) >= 11 is 6.85. The summed E-state index contributed by atoms with van der Waals surface area (Å²) in [6.07, 6.45) is 2.85. The van der Waals surface area contributed by atoms with Crippen LogP contribution in [0.5, 0.6) is 17.2 Å². The number of nitrogens with zero attached hydrogens (tertiary/aromatic N) is 3. The highest BCUT2D eigenvalue weighted by Crippen LogP contribution is 2.56. The quantitative estimate of drug-likeness (QED) is 0.193. The predicted molar refractivity (Wildman–Crippen MR) is 172 cm³/mol. The van der Waals surface area contributed by atoms with E-state index in [4.69, 9.17) is 21.1 Å². The van der Waals surface area contributed by atoms with Gasteiger partial charge in [-0.3, -0.25) is 29.8 Å². The second-order valence-electron chi connectivity index (χ2n) is 13.7. The third-order valence-electron chi connectivity index (χ3n) is 8.70. The fraction of sp³-hybridized carbons (Fsp3) is 0.471. The van der Waals surface area contributed by atoms with E-state index < -0.39 is 27.1 Å². The van der Waals surface area contributed by atoms with Gasteiger partial charge in [-0.1, -0.05) is 46.2 Å². The molecule has 2 aliphatic carbocycles. The number of halogens is 1. The van der Waals surface area contributed by atoms with Crippen LogP contribution in [0.25, 0.3) is 0 Å². The number of Topliss-reactive ketones (excluding diaryl/α,β-unsaturated/α-hetero) is 2. The largest absolute Gasteiger partial charge is 0.490 e. The van der Waals surface area contributed by atoms with Gasteiger partial charge in [0.2, 0.25) is 5.75 Å². The van der Waals surface area contributed by atoms with E-state index in [2.05, 4.69) is 39.5 Å². The number of hydrogen-bond donors (Lipinski definition) is 0. The highest BCUT2D eigenvalue weighted by molar-refractivity contribution is 6.32. The molecular formula is C34H38ClN3O8. The van der Waals surface area contributed by atoms with Gasteiger partial charge in [0.25, 0.3) is 5.69 Å². The first-order valence-electron chi connectivity index (χ1n) is 15.4. The highest BCUT2D eigenvalue weighted by atomic mass is 35.5. The van der Waals surface area contributed by atoms with E-state index in [0.29, 0.717) is 48.9 Å². The van der Waals surface area contributed by atoms with Crippen molar-refractivity contribution < 1.29 is 28.9 Å². The highest BCUT2D eigenvalue weighted by Gasteiger charge is 2.49. The van der Waals surface area contributed by atoms with Crippen LogP contribution in [-0.2, 0) is 9.59 Å². The lowest BCUT2D eigenvalue weighted by molar-refractivity contribution is -0.394. The number of nitro groups is 2. The lowest BCUT2D eigenvalue weighted by atomic mass is 9.63. The number of nitro benzene ring substituents is 2. The molecule has 46 heavy (non-hydrogen) atoms. The minimum Gasteiger partial charge on any atom is -0.490 e. The molecule has 0 bridgehead atoms. The van der Waals surface area contributed by atoms with Crippen molar-refractivity contribution in [1.82, 2.24) is 4.90 Å². The molecule has 0 atom stereocenters. The van der Waals surface area contributed by atoms with Gasteiger partial charge < -0.3 is 14.4 Å². The number of rotatable bonds is 9. The average molecular weight is 652 g/mol. The molecule has 1 aliphatic heterocycles. The first kappa shape index (κ1) is 33.1. The third-order valence-corrected chi connectivity index (χ3v) is 8.98. The molecule has 0 saturated carbocycles. The molecule has 0 radical (unpaired) electrons. The van der Waals surface area contributed by atoms with Gasteiger partial charge in [0.15, 0.2) is 23.1 Å². The smallest absolute Gasteiger partial charge is 0.318 e. The monoisotopic (exact) mass is 651 g/mol. The van der Waals surface area contributed by atoms with Crippen molar-refractivity contribution in [2.45, 2.75) is 79.6 Å². The van der Waals surface area contributed by atoms with E-state index in [-0.39, 0.29) is 51.3 Å². The van der Waals surface area contributed by atoms with Crippen molar-refractivity contribution in [2.75, 3.05) is 13.2 Å². The Kier molecular flexibility index (Phi) is 8.76. The van der Waals surface area contributed by atoms with Crippen LogP contribution in [0.15, 0.2) is 52.9 Å². The van der Waals surface area contributed by atoms with Crippen molar-refractivity contribution in [1.29, 1.82) is 0 Å². The van der Waals surface area contributed by atoms with E-state index in [1.165, 1.54) is 0 Å². The molecule has 0 fully saturated rings. The van der Waals surface area contributed by atoms with E-state index in [1.54, 1.807) is 19.1 Å². The summed E-state index contributed by atoms with van der Waals surface area (Å²) in [5, 5.41) is 23.1. The van der Waals surface area contributed by atoms with Gasteiger partial charge in [0.1, 0.15) is 0 Å². The summed E-state index contributed by atoms with van der Waals surface area (Å²) in [6.45, 7) is 13.0. The van der Waals surface area contributed by atoms with Crippen molar-refractivity contribution >= 4 is 34.5 Å². The summed E-state index contributed by atoms with van der Waals surface area (Å²) in [6, 6.07) is 6.35. The van der Waals surface area contributed by atoms with E-state index in [0.717, 1.165) is 36.0 Å². The summed E-state index contributed by atoms with van der Waals surface area (Å²) in [4.78, 5) is 51.8. The van der Waals surface area contributed by atoms with Gasteiger partial charge in [-0.05, 0) is 60.8 Å². The maximum Gasteiger partial charge on any atom is 0.318 e. The van der Waals surface area contributed by atoms with Gasteiger partial charge in [0.05, 0.1) is 27.5 Å². The van der Waals surface area contributed by atoms with Gasteiger partial charge in [-0.2, -0.15) is 0 Å². The molecule has 3 aliphatic rings. The fourth-order valence-corrected chi connectivity index (χ4v) is 7.21. The van der Waals surface area contributed by atoms with E-state index in [9.17, 15) is 29.8 Å². The molecule has 0 unspecified atom stereocenters. The van der Waals surface area contributed by atoms with Gasteiger partial charge in [-0.15, -0.1) is 0 Å². The van der Waals surface area contributed by atoms with Crippen LogP contribution in [0, 0.1) is 31.1 Å². The minimum atomic E-state index is -0.774. The Hall–Kier alpha value is -4.25. The number of benzene rings is 2. The summed E-state index contributed by atoms with van der Waals surface area (Å²) in [7, 11) is 0. The zero-order valence-electron chi connectivity index (χ0n) is 26.9. The molecule has 2 aromatic carbocycles. The average Bonchev–Trinajstić information content (AvgIpc) is 2.94. The normalized spacial score (nSPS) is 19.2. The Balaban J connectivity index is 1.71. The number of ether oxygens (including phenoxy) is 2. The van der Waals surface area contributed by atoms with Crippen molar-refractivity contribution in [3.8, 4) is 17.2 Å². The van der Waals surface area contributed by atoms with Crippen LogP contribution >= 0.6 is 11.6 Å². The first-order chi connectivity index (χ1) is 21.6. The van der Waals surface area contributed by atoms with E-state index in [1.807, 2.05) is 0 Å². The molecular weight excluding hydrogens is 614 g/mol. The van der Waals surface area contributed by atoms with Crippen LogP contribution in [0.1, 0.15) is 85.1 Å². The first-order valence-corrected chi connectivity index (χ1v) is 15.8. The van der Waals surface area contributed by atoms with Crippen LogP contribution in [0.2, 0.25) is 5.02 Å². The Bertz CT molecular complexity index is 1670. The number of ketones is 2. The standard InChI is InChI=1S/C34H38ClN3O8/c1-7-11-36-23-15-33(3,4)17-25(39)30(23)29(31-24(36)16-34(5,6)18-26(31)40)19-12-21(35)32(28(13-19)45-8-2)46-27-10-9-20(37(41)42)14-22(27)38(43)44/h9-10,12-14,29H,7-8,11,15-18H2,1-6H3. The van der Waals surface area contributed by atoms with E-state index >= 15 is 0 Å². The molecule has 0 amide bonds. The second kappa shape index (κ2) is 12.2. The molecule has 2 aromatic rings. The molecule has 244 valence electrons. The number of carbonyl (C=O) groups is 2. The Morgan fingerprint density at radius 2 is 1.46 bits per heavy atom. The molecule has 12 heteroatoms. The van der Waals surface area contributed by atoms with Crippen LogP contribution < -0.4 is 9.47 Å². The lowest BCUT2D eigenvalue weighted by Gasteiger charge is -2.49. The predicted octanol–water partition coefficient (Wildman–Crippen LogP) is 8.44. The topological polar surface area (TPSA) is 142 Å². The SMILES string of the molecule is CCCN1C2=C(C(=O)CC(C)(C)C2)C(c2cc(Cl)c(Oc3ccc([N+](=O)[O-])cc3[N+](=O)[O-])c(OCC)c2)C2=C1CC(C)(C)CC2=O. The summed E-state index contributed by atoms with van der Waals surface area (Å²) in [5.74, 6) is -0.837.